The van der Waals surface area contributed by atoms with Gasteiger partial charge in [-0.2, -0.15) is 18.2 Å². The van der Waals surface area contributed by atoms with Gasteiger partial charge in [0.25, 0.3) is 5.69 Å². The minimum Gasteiger partial charge on any atom is -0.340 e. The molecular weight excluding hydrogens is 455 g/mol. The Morgan fingerprint density at radius 1 is 1.09 bits per heavy atom. The molecule has 0 saturated carbocycles. The largest absolute Gasteiger partial charge is 0.416 e. The van der Waals surface area contributed by atoms with Crippen LogP contribution in [0.15, 0.2) is 53.1 Å². The molecule has 0 radical (unpaired) electrons. The van der Waals surface area contributed by atoms with Crippen LogP contribution in [0, 0.1) is 10.1 Å². The fourth-order valence-corrected chi connectivity index (χ4v) is 3.73. The maximum atomic E-state index is 12.9. The van der Waals surface area contributed by atoms with Gasteiger partial charge in [0.2, 0.25) is 17.6 Å². The highest BCUT2D eigenvalue weighted by atomic mass is 19.4. The number of aromatic nitrogens is 2. The smallest absolute Gasteiger partial charge is 0.340 e. The number of benzene rings is 2. The summed E-state index contributed by atoms with van der Waals surface area (Å²) in [4.78, 5) is 31.1. The van der Waals surface area contributed by atoms with Crippen LogP contribution in [0.1, 0.15) is 17.0 Å². The number of amides is 1. The molecular formula is C22H20F3N5O4. The average Bonchev–Trinajstić information content (AvgIpc) is 3.28. The van der Waals surface area contributed by atoms with Crippen LogP contribution in [0.25, 0.3) is 11.4 Å². The van der Waals surface area contributed by atoms with Crippen LogP contribution < -0.4 is 0 Å². The fraction of sp³-hybridized carbons (Fsp3) is 0.318. The Hall–Kier alpha value is -3.80. The molecule has 1 saturated heterocycles. The summed E-state index contributed by atoms with van der Waals surface area (Å²) < 4.78 is 44.0. The van der Waals surface area contributed by atoms with Gasteiger partial charge in [-0.3, -0.25) is 19.8 Å². The average molecular weight is 475 g/mol. The molecule has 2 heterocycles. The first-order valence-electron chi connectivity index (χ1n) is 10.4. The summed E-state index contributed by atoms with van der Waals surface area (Å²) in [6, 6.07) is 10.9. The number of alkyl halides is 3. The highest BCUT2D eigenvalue weighted by molar-refractivity contribution is 5.80. The van der Waals surface area contributed by atoms with Crippen molar-refractivity contribution in [2.45, 2.75) is 19.1 Å². The third-order valence-electron chi connectivity index (χ3n) is 5.53. The number of halogens is 3. The van der Waals surface area contributed by atoms with Crippen LogP contribution in [0.5, 0.6) is 0 Å². The van der Waals surface area contributed by atoms with Crippen LogP contribution in [0.2, 0.25) is 0 Å². The number of carbonyl (C=O) groups is 1. The highest BCUT2D eigenvalue weighted by Gasteiger charge is 2.31. The second-order valence-corrected chi connectivity index (χ2v) is 7.81. The zero-order chi connectivity index (χ0) is 24.3. The second-order valence-electron chi connectivity index (χ2n) is 7.81. The lowest BCUT2D eigenvalue weighted by molar-refractivity contribution is -0.385. The molecule has 1 aromatic heterocycles. The Kier molecular flexibility index (Phi) is 6.59. The van der Waals surface area contributed by atoms with Gasteiger partial charge in [0.05, 0.1) is 23.5 Å². The molecule has 0 bridgehead atoms. The van der Waals surface area contributed by atoms with E-state index in [4.69, 9.17) is 4.52 Å². The number of hydrogen-bond acceptors (Lipinski definition) is 7. The maximum absolute atomic E-state index is 12.9. The third-order valence-corrected chi connectivity index (χ3v) is 5.53. The number of nitro groups is 1. The SMILES string of the molecule is O=C(Cc1ccccc1[N+](=O)[O-])N1CCN(Cc2nc(-c3cccc(C(F)(F)F)c3)no2)CC1. The Morgan fingerprint density at radius 3 is 2.53 bits per heavy atom. The van der Waals surface area contributed by atoms with Crippen molar-refractivity contribution >= 4 is 11.6 Å². The minimum atomic E-state index is -4.47. The number of para-hydroxylation sites is 1. The van der Waals surface area contributed by atoms with Gasteiger partial charge in [-0.05, 0) is 12.1 Å². The van der Waals surface area contributed by atoms with Gasteiger partial charge >= 0.3 is 6.18 Å². The molecule has 0 aliphatic carbocycles. The van der Waals surface area contributed by atoms with Gasteiger partial charge in [-0.25, -0.2) is 0 Å². The van der Waals surface area contributed by atoms with E-state index in [1.807, 2.05) is 4.90 Å². The molecule has 0 N–H and O–H groups in total. The number of nitro benzene ring substituents is 1. The van der Waals surface area contributed by atoms with E-state index < -0.39 is 16.7 Å². The summed E-state index contributed by atoms with van der Waals surface area (Å²) in [5.41, 5.74) is -0.302. The number of hydrogen-bond donors (Lipinski definition) is 0. The number of carbonyl (C=O) groups excluding carboxylic acids is 1. The Morgan fingerprint density at radius 2 is 1.82 bits per heavy atom. The first-order chi connectivity index (χ1) is 16.2. The van der Waals surface area contributed by atoms with Crippen molar-refractivity contribution in [1.82, 2.24) is 19.9 Å². The van der Waals surface area contributed by atoms with Gasteiger partial charge in [0.15, 0.2) is 0 Å². The van der Waals surface area contributed by atoms with Crippen molar-refractivity contribution < 1.29 is 27.4 Å². The van der Waals surface area contributed by atoms with Crippen molar-refractivity contribution in [2.75, 3.05) is 26.2 Å². The first-order valence-corrected chi connectivity index (χ1v) is 10.4. The Labute approximate surface area is 191 Å². The number of rotatable bonds is 6. The van der Waals surface area contributed by atoms with Crippen molar-refractivity contribution in [3.63, 3.8) is 0 Å². The molecule has 0 spiro atoms. The van der Waals surface area contributed by atoms with E-state index in [9.17, 15) is 28.1 Å². The predicted octanol–water partition coefficient (Wildman–Crippen LogP) is 3.55. The van der Waals surface area contributed by atoms with E-state index in [0.717, 1.165) is 12.1 Å². The van der Waals surface area contributed by atoms with E-state index >= 15 is 0 Å². The van der Waals surface area contributed by atoms with Crippen molar-refractivity contribution in [3.8, 4) is 11.4 Å². The van der Waals surface area contributed by atoms with Crippen molar-refractivity contribution in [3.05, 3.63) is 75.7 Å². The molecule has 0 unspecified atom stereocenters. The molecule has 9 nitrogen and oxygen atoms in total. The molecule has 3 aromatic rings. The van der Waals surface area contributed by atoms with E-state index in [-0.39, 0.29) is 41.8 Å². The summed E-state index contributed by atoms with van der Waals surface area (Å²) >= 11 is 0. The van der Waals surface area contributed by atoms with Crippen molar-refractivity contribution in [1.29, 1.82) is 0 Å². The minimum absolute atomic E-state index is 0.0544. The normalized spacial score (nSPS) is 14.9. The standard InChI is InChI=1S/C22H20F3N5O4/c23-22(24,25)17-6-3-5-16(12-17)21-26-19(34-27-21)14-28-8-10-29(11-9-28)20(31)13-15-4-1-2-7-18(15)30(32)33/h1-7,12H,8-11,13-14H2. The molecule has 1 fully saturated rings. The lowest BCUT2D eigenvalue weighted by Gasteiger charge is -2.34. The first kappa shape index (κ1) is 23.4. The summed E-state index contributed by atoms with van der Waals surface area (Å²) in [6.07, 6.45) is -4.52. The van der Waals surface area contributed by atoms with Gasteiger partial charge in [-0.1, -0.05) is 35.5 Å². The maximum Gasteiger partial charge on any atom is 0.416 e. The monoisotopic (exact) mass is 475 g/mol. The summed E-state index contributed by atoms with van der Waals surface area (Å²) in [5.74, 6) is 0.130. The topological polar surface area (TPSA) is 106 Å². The van der Waals surface area contributed by atoms with Gasteiger partial charge in [0.1, 0.15) is 0 Å². The molecule has 12 heteroatoms. The molecule has 1 aliphatic rings. The molecule has 2 aromatic carbocycles. The molecule has 34 heavy (non-hydrogen) atoms. The van der Waals surface area contributed by atoms with Crippen LogP contribution >= 0.6 is 0 Å². The van der Waals surface area contributed by atoms with Gasteiger partial charge in [0, 0.05) is 43.4 Å². The van der Waals surface area contributed by atoms with Gasteiger partial charge < -0.3 is 9.42 Å². The van der Waals surface area contributed by atoms with E-state index in [2.05, 4.69) is 10.1 Å². The molecule has 1 amide bonds. The lowest BCUT2D eigenvalue weighted by Crippen LogP contribution is -2.48. The van der Waals surface area contributed by atoms with Crippen molar-refractivity contribution in [2.24, 2.45) is 0 Å². The third kappa shape index (κ3) is 5.39. The summed E-state index contributed by atoms with van der Waals surface area (Å²) in [5, 5.41) is 14.9. The quantitative estimate of drug-likeness (QED) is 0.397. The van der Waals surface area contributed by atoms with E-state index in [1.165, 1.54) is 18.2 Å². The molecule has 0 atom stereocenters. The lowest BCUT2D eigenvalue weighted by atomic mass is 10.1. The second kappa shape index (κ2) is 9.59. The number of nitrogens with zero attached hydrogens (tertiary/aromatic N) is 5. The Bertz CT molecular complexity index is 1190. The van der Waals surface area contributed by atoms with Crippen LogP contribution in [-0.2, 0) is 23.9 Å². The van der Waals surface area contributed by atoms with Gasteiger partial charge in [-0.15, -0.1) is 0 Å². The number of piperazine rings is 1. The van der Waals surface area contributed by atoms with Crippen LogP contribution in [0.4, 0.5) is 18.9 Å². The van der Waals surface area contributed by atoms with E-state index in [0.29, 0.717) is 31.7 Å². The zero-order valence-corrected chi connectivity index (χ0v) is 17.9. The van der Waals surface area contributed by atoms with Crippen LogP contribution in [-0.4, -0.2) is 56.9 Å². The van der Waals surface area contributed by atoms with Crippen LogP contribution in [0.3, 0.4) is 0 Å². The van der Waals surface area contributed by atoms with E-state index in [1.54, 1.807) is 23.1 Å². The summed E-state index contributed by atoms with van der Waals surface area (Å²) in [6.45, 7) is 2.17. The molecule has 1 aliphatic heterocycles. The molecule has 4 rings (SSSR count). The summed E-state index contributed by atoms with van der Waals surface area (Å²) in [7, 11) is 0. The predicted molar refractivity (Wildman–Crippen MR) is 113 cm³/mol. The zero-order valence-electron chi connectivity index (χ0n) is 17.9. The highest BCUT2D eigenvalue weighted by Crippen LogP contribution is 2.31. The Balaban J connectivity index is 1.33. The fourth-order valence-electron chi connectivity index (χ4n) is 3.73. The molecule has 178 valence electrons.